The molecule has 134 valence electrons. The Bertz CT molecular complexity index is 596. The number of ether oxygens (including phenoxy) is 1. The minimum atomic E-state index is 0.365. The molecule has 1 aliphatic heterocycles. The van der Waals surface area contributed by atoms with Gasteiger partial charge in [-0.2, -0.15) is 0 Å². The molecule has 1 aliphatic rings. The Morgan fingerprint density at radius 3 is 2.28 bits per heavy atom. The highest BCUT2D eigenvalue weighted by atomic mass is 16.5. The third kappa shape index (κ3) is 6.95. The predicted octanol–water partition coefficient (Wildman–Crippen LogP) is 1.96. The number of anilines is 1. The standard InChI is InChI=1S/C12H19N3.C8H8O2/c13-6-5-11-1-3-12(4-2-11)15-9-7-14-8-10-15;9-7-10-6-8-4-2-1-3-5-8/h1-4,14H,5-10,13H2;1-5,7H,6H2. The third-order valence-electron chi connectivity index (χ3n) is 4.01. The summed E-state index contributed by atoms with van der Waals surface area (Å²) in [6, 6.07) is 18.3. The number of hydrogen-bond donors (Lipinski definition) is 2. The number of nitrogens with one attached hydrogen (secondary N) is 1. The number of piperazine rings is 1. The number of carbonyl (C=O) groups excluding carboxylic acids is 1. The maximum Gasteiger partial charge on any atom is 0.293 e. The Morgan fingerprint density at radius 2 is 1.68 bits per heavy atom. The predicted molar refractivity (Wildman–Crippen MR) is 102 cm³/mol. The van der Waals surface area contributed by atoms with Gasteiger partial charge in [0.25, 0.3) is 6.47 Å². The van der Waals surface area contributed by atoms with Crippen LogP contribution in [-0.2, 0) is 22.6 Å². The van der Waals surface area contributed by atoms with Crippen LogP contribution in [0.4, 0.5) is 5.69 Å². The molecule has 0 spiro atoms. The van der Waals surface area contributed by atoms with E-state index < -0.39 is 0 Å². The van der Waals surface area contributed by atoms with Gasteiger partial charge in [-0.25, -0.2) is 0 Å². The van der Waals surface area contributed by atoms with Crippen molar-refractivity contribution in [3.05, 3.63) is 65.7 Å². The van der Waals surface area contributed by atoms with Crippen molar-refractivity contribution in [2.24, 2.45) is 5.73 Å². The van der Waals surface area contributed by atoms with Gasteiger partial charge in [0.05, 0.1) is 0 Å². The summed E-state index contributed by atoms with van der Waals surface area (Å²) in [7, 11) is 0. The van der Waals surface area contributed by atoms with Gasteiger partial charge in [0.2, 0.25) is 0 Å². The summed E-state index contributed by atoms with van der Waals surface area (Å²) >= 11 is 0. The summed E-state index contributed by atoms with van der Waals surface area (Å²) in [6.07, 6.45) is 0.974. The van der Waals surface area contributed by atoms with Gasteiger partial charge in [0, 0.05) is 31.9 Å². The van der Waals surface area contributed by atoms with Crippen LogP contribution in [0.1, 0.15) is 11.1 Å². The fraction of sp³-hybridized carbons (Fsp3) is 0.350. The molecule has 0 atom stereocenters. The van der Waals surface area contributed by atoms with E-state index in [9.17, 15) is 4.79 Å². The Labute approximate surface area is 149 Å². The van der Waals surface area contributed by atoms with Gasteiger partial charge in [0.15, 0.2) is 0 Å². The zero-order chi connectivity index (χ0) is 17.7. The molecule has 0 amide bonds. The highest BCUT2D eigenvalue weighted by molar-refractivity contribution is 5.48. The molecule has 1 fully saturated rings. The second-order valence-electron chi connectivity index (χ2n) is 5.83. The number of nitrogens with zero attached hydrogens (tertiary/aromatic N) is 1. The maximum atomic E-state index is 9.76. The molecule has 25 heavy (non-hydrogen) atoms. The van der Waals surface area contributed by atoms with Crippen LogP contribution in [0.5, 0.6) is 0 Å². The first-order chi connectivity index (χ1) is 12.3. The number of hydrogen-bond acceptors (Lipinski definition) is 5. The molecule has 0 aromatic heterocycles. The fourth-order valence-electron chi connectivity index (χ4n) is 2.67. The lowest BCUT2D eigenvalue weighted by molar-refractivity contribution is -0.129. The maximum absolute atomic E-state index is 9.76. The molecular weight excluding hydrogens is 314 g/mol. The lowest BCUT2D eigenvalue weighted by atomic mass is 10.1. The molecule has 1 saturated heterocycles. The molecule has 1 heterocycles. The first kappa shape index (κ1) is 19.0. The normalized spacial score (nSPS) is 13.6. The summed E-state index contributed by atoms with van der Waals surface area (Å²) in [5.74, 6) is 0. The first-order valence-electron chi connectivity index (χ1n) is 8.67. The topological polar surface area (TPSA) is 67.6 Å². The fourth-order valence-corrected chi connectivity index (χ4v) is 2.67. The van der Waals surface area contributed by atoms with E-state index in [0.29, 0.717) is 13.1 Å². The van der Waals surface area contributed by atoms with E-state index >= 15 is 0 Å². The number of nitrogens with two attached hydrogens (primary N) is 1. The van der Waals surface area contributed by atoms with E-state index in [1.54, 1.807) is 0 Å². The van der Waals surface area contributed by atoms with Crippen molar-refractivity contribution in [2.45, 2.75) is 13.0 Å². The zero-order valence-electron chi connectivity index (χ0n) is 14.6. The van der Waals surface area contributed by atoms with Crippen LogP contribution in [0.2, 0.25) is 0 Å². The molecule has 5 nitrogen and oxygen atoms in total. The molecule has 3 rings (SSSR count). The van der Waals surface area contributed by atoms with Crippen molar-refractivity contribution < 1.29 is 9.53 Å². The van der Waals surface area contributed by atoms with E-state index in [0.717, 1.165) is 44.7 Å². The van der Waals surface area contributed by atoms with Gasteiger partial charge in [-0.15, -0.1) is 0 Å². The minimum Gasteiger partial charge on any atom is -0.463 e. The molecule has 2 aromatic carbocycles. The summed E-state index contributed by atoms with van der Waals surface area (Å²) < 4.78 is 4.54. The van der Waals surface area contributed by atoms with Crippen molar-refractivity contribution in [2.75, 3.05) is 37.6 Å². The Balaban J connectivity index is 0.000000196. The molecule has 0 bridgehead atoms. The third-order valence-corrected chi connectivity index (χ3v) is 4.01. The van der Waals surface area contributed by atoms with Crippen molar-refractivity contribution in [3.8, 4) is 0 Å². The molecule has 3 N–H and O–H groups in total. The summed E-state index contributed by atoms with van der Waals surface area (Å²) in [5.41, 5.74) is 9.19. The van der Waals surface area contributed by atoms with Crippen LogP contribution in [0.15, 0.2) is 54.6 Å². The van der Waals surface area contributed by atoms with Crippen LogP contribution >= 0.6 is 0 Å². The SMILES string of the molecule is NCCc1ccc(N2CCNCC2)cc1.O=COCc1ccccc1. The van der Waals surface area contributed by atoms with Gasteiger partial charge >= 0.3 is 0 Å². The summed E-state index contributed by atoms with van der Waals surface area (Å²) in [5, 5.41) is 3.36. The van der Waals surface area contributed by atoms with E-state index in [-0.39, 0.29) is 0 Å². The molecule has 0 aliphatic carbocycles. The number of rotatable bonds is 6. The van der Waals surface area contributed by atoms with Crippen molar-refractivity contribution in [3.63, 3.8) is 0 Å². The van der Waals surface area contributed by atoms with Gasteiger partial charge < -0.3 is 20.7 Å². The Morgan fingerprint density at radius 1 is 1.00 bits per heavy atom. The molecule has 0 unspecified atom stereocenters. The van der Waals surface area contributed by atoms with Crippen molar-refractivity contribution in [1.29, 1.82) is 0 Å². The van der Waals surface area contributed by atoms with Crippen LogP contribution in [0.3, 0.4) is 0 Å². The Kier molecular flexibility index (Phi) is 8.52. The van der Waals surface area contributed by atoms with Gasteiger partial charge in [0.1, 0.15) is 6.61 Å². The van der Waals surface area contributed by atoms with E-state index in [1.807, 2.05) is 30.3 Å². The molecule has 5 heteroatoms. The molecule has 0 radical (unpaired) electrons. The van der Waals surface area contributed by atoms with Crippen LogP contribution < -0.4 is 16.0 Å². The largest absolute Gasteiger partial charge is 0.463 e. The van der Waals surface area contributed by atoms with Crippen LogP contribution in [0.25, 0.3) is 0 Å². The van der Waals surface area contributed by atoms with Crippen LogP contribution in [0, 0.1) is 0 Å². The lowest BCUT2D eigenvalue weighted by Crippen LogP contribution is -2.43. The highest BCUT2D eigenvalue weighted by Crippen LogP contribution is 2.15. The molecular formula is C20H27N3O2. The van der Waals surface area contributed by atoms with E-state index in [4.69, 9.17) is 5.73 Å². The lowest BCUT2D eigenvalue weighted by Gasteiger charge is -2.29. The monoisotopic (exact) mass is 341 g/mol. The van der Waals surface area contributed by atoms with E-state index in [1.165, 1.54) is 11.3 Å². The van der Waals surface area contributed by atoms with E-state index in [2.05, 4.69) is 39.2 Å². The van der Waals surface area contributed by atoms with Crippen molar-refractivity contribution >= 4 is 12.2 Å². The summed E-state index contributed by atoms with van der Waals surface area (Å²) in [6.45, 7) is 5.94. The molecule has 0 saturated carbocycles. The van der Waals surface area contributed by atoms with Crippen LogP contribution in [-0.4, -0.2) is 39.2 Å². The average Bonchev–Trinajstić information content (AvgIpc) is 2.69. The number of benzene rings is 2. The summed E-state index contributed by atoms with van der Waals surface area (Å²) in [4.78, 5) is 12.2. The average molecular weight is 341 g/mol. The van der Waals surface area contributed by atoms with Gasteiger partial charge in [-0.1, -0.05) is 42.5 Å². The van der Waals surface area contributed by atoms with Gasteiger partial charge in [-0.3, -0.25) is 4.79 Å². The zero-order valence-corrected chi connectivity index (χ0v) is 14.6. The second kappa shape index (κ2) is 11.2. The van der Waals surface area contributed by atoms with Gasteiger partial charge in [-0.05, 0) is 36.2 Å². The van der Waals surface area contributed by atoms with Crippen molar-refractivity contribution in [1.82, 2.24) is 5.32 Å². The number of carbonyl (C=O) groups is 1. The second-order valence-corrected chi connectivity index (χ2v) is 5.83. The quantitative estimate of drug-likeness (QED) is 0.786. The molecule has 2 aromatic rings. The highest BCUT2D eigenvalue weighted by Gasteiger charge is 2.09. The smallest absolute Gasteiger partial charge is 0.293 e. The minimum absolute atomic E-state index is 0.365. The Hall–Kier alpha value is -2.37. The first-order valence-corrected chi connectivity index (χ1v) is 8.67.